The van der Waals surface area contributed by atoms with Gasteiger partial charge in [-0.2, -0.15) is 5.26 Å². The van der Waals surface area contributed by atoms with Gasteiger partial charge in [0.2, 0.25) is 0 Å². The van der Waals surface area contributed by atoms with Crippen molar-refractivity contribution in [3.8, 4) is 6.07 Å². The van der Waals surface area contributed by atoms with Crippen molar-refractivity contribution in [2.45, 2.75) is 69.0 Å². The Labute approximate surface area is 224 Å². The predicted molar refractivity (Wildman–Crippen MR) is 141 cm³/mol. The average molecular weight is 524 g/mol. The lowest BCUT2D eigenvalue weighted by Crippen LogP contribution is -2.52. The third-order valence-corrected chi connectivity index (χ3v) is 8.09. The molecular weight excluding hydrogens is 487 g/mol. The van der Waals surface area contributed by atoms with Crippen LogP contribution in [0.15, 0.2) is 42.0 Å². The molecule has 4 rings (SSSR count). The summed E-state index contributed by atoms with van der Waals surface area (Å²) in [7, 11) is -1.76. The van der Waals surface area contributed by atoms with Crippen molar-refractivity contribution >= 4 is 19.1 Å². The van der Waals surface area contributed by atoms with Gasteiger partial charge in [-0.25, -0.2) is 4.79 Å². The molecule has 3 aliphatic heterocycles. The number of nitriles is 1. The molecule has 1 aromatic carbocycles. The summed E-state index contributed by atoms with van der Waals surface area (Å²) in [5, 5.41) is 32.0. The molecule has 2 bridgehead atoms. The van der Waals surface area contributed by atoms with Gasteiger partial charge in [-0.05, 0) is 57.6 Å². The summed E-state index contributed by atoms with van der Waals surface area (Å²) in [4.78, 5) is 30.3. The summed E-state index contributed by atoms with van der Waals surface area (Å²) < 4.78 is 11.0. The van der Waals surface area contributed by atoms with E-state index in [0.29, 0.717) is 26.1 Å². The number of rotatable bonds is 9. The summed E-state index contributed by atoms with van der Waals surface area (Å²) in [6, 6.07) is 11.3. The van der Waals surface area contributed by atoms with Crippen molar-refractivity contribution in [2.24, 2.45) is 0 Å². The first-order valence-electron chi connectivity index (χ1n) is 13.3. The SMILES string of the molecule is CC(C)(C=C(C#N)C(=O)N1C2CCC1(COC(=O)NC(Cc1ccccc1)B(O)O)CC2)N1CCOCC1. The molecule has 38 heavy (non-hydrogen) atoms. The van der Waals surface area contributed by atoms with Crippen molar-refractivity contribution in [3.63, 3.8) is 0 Å². The third kappa shape index (κ3) is 6.21. The van der Waals surface area contributed by atoms with E-state index >= 15 is 0 Å². The van der Waals surface area contributed by atoms with Crippen LogP contribution >= 0.6 is 0 Å². The van der Waals surface area contributed by atoms with Crippen LogP contribution in [0.25, 0.3) is 0 Å². The lowest BCUT2D eigenvalue weighted by atomic mass is 9.76. The molecule has 3 aliphatic rings. The highest BCUT2D eigenvalue weighted by molar-refractivity contribution is 6.43. The number of benzene rings is 1. The largest absolute Gasteiger partial charge is 0.475 e. The Bertz CT molecular complexity index is 1060. The fourth-order valence-electron chi connectivity index (χ4n) is 5.97. The van der Waals surface area contributed by atoms with Gasteiger partial charge in [0.15, 0.2) is 0 Å². The number of fused-ring (bicyclic) bond motifs is 2. The number of nitrogens with one attached hydrogen (secondary N) is 1. The van der Waals surface area contributed by atoms with Crippen LogP contribution in [-0.4, -0.2) is 94.9 Å². The van der Waals surface area contributed by atoms with Gasteiger partial charge in [0.25, 0.3) is 5.91 Å². The first-order chi connectivity index (χ1) is 18.1. The Morgan fingerprint density at radius 2 is 1.92 bits per heavy atom. The van der Waals surface area contributed by atoms with Crippen LogP contribution in [-0.2, 0) is 20.7 Å². The predicted octanol–water partition coefficient (Wildman–Crippen LogP) is 1.42. The maximum absolute atomic E-state index is 13.7. The maximum Gasteiger partial charge on any atom is 0.475 e. The zero-order valence-electron chi connectivity index (χ0n) is 22.1. The second-order valence-corrected chi connectivity index (χ2v) is 11.0. The van der Waals surface area contributed by atoms with Crippen LogP contribution in [0.4, 0.5) is 4.79 Å². The molecule has 0 saturated carbocycles. The molecule has 3 heterocycles. The zero-order chi connectivity index (χ0) is 27.3. The van der Waals surface area contributed by atoms with E-state index in [1.165, 1.54) is 0 Å². The molecular formula is C27H37BN4O6. The van der Waals surface area contributed by atoms with Gasteiger partial charge in [-0.1, -0.05) is 30.3 Å². The van der Waals surface area contributed by atoms with E-state index < -0.39 is 30.2 Å². The molecule has 0 aromatic heterocycles. The molecule has 0 aliphatic carbocycles. The van der Waals surface area contributed by atoms with E-state index in [1.54, 1.807) is 11.0 Å². The Morgan fingerprint density at radius 1 is 1.26 bits per heavy atom. The van der Waals surface area contributed by atoms with Crippen molar-refractivity contribution in [3.05, 3.63) is 47.5 Å². The molecule has 3 saturated heterocycles. The minimum absolute atomic E-state index is 0.00232. The normalized spacial score (nSPS) is 24.6. The highest BCUT2D eigenvalue weighted by Gasteiger charge is 2.55. The first-order valence-corrected chi connectivity index (χ1v) is 13.3. The van der Waals surface area contributed by atoms with Gasteiger partial charge >= 0.3 is 13.2 Å². The van der Waals surface area contributed by atoms with Gasteiger partial charge in [0, 0.05) is 24.7 Å². The van der Waals surface area contributed by atoms with Crippen molar-refractivity contribution in [2.75, 3.05) is 32.9 Å². The van der Waals surface area contributed by atoms with Crippen molar-refractivity contribution in [1.29, 1.82) is 5.26 Å². The smallest absolute Gasteiger partial charge is 0.447 e. The molecule has 1 unspecified atom stereocenters. The highest BCUT2D eigenvalue weighted by Crippen LogP contribution is 2.47. The maximum atomic E-state index is 13.7. The Morgan fingerprint density at radius 3 is 2.53 bits per heavy atom. The third-order valence-electron chi connectivity index (χ3n) is 8.09. The Hall–Kier alpha value is -2.91. The number of morpholine rings is 1. The zero-order valence-corrected chi connectivity index (χ0v) is 22.1. The van der Waals surface area contributed by atoms with Crippen LogP contribution < -0.4 is 5.32 Å². The average Bonchev–Trinajstić information content (AvgIpc) is 3.46. The molecule has 1 aromatic rings. The summed E-state index contributed by atoms with van der Waals surface area (Å²) >= 11 is 0. The number of carbonyl (C=O) groups is 2. The fraction of sp³-hybridized carbons (Fsp3) is 0.593. The number of hydrogen-bond donors (Lipinski definition) is 3. The van der Waals surface area contributed by atoms with E-state index in [-0.39, 0.29) is 30.5 Å². The first kappa shape index (κ1) is 28.1. The number of alkyl carbamates (subject to hydrolysis) is 1. The van der Waals surface area contributed by atoms with Crippen LogP contribution in [0.3, 0.4) is 0 Å². The van der Waals surface area contributed by atoms with Crippen molar-refractivity contribution in [1.82, 2.24) is 15.1 Å². The van der Waals surface area contributed by atoms with Crippen molar-refractivity contribution < 1.29 is 29.1 Å². The summed E-state index contributed by atoms with van der Waals surface area (Å²) in [5.74, 6) is -1.28. The number of amides is 2. The van der Waals surface area contributed by atoms with Crippen LogP contribution in [0.1, 0.15) is 45.1 Å². The van der Waals surface area contributed by atoms with Crippen LogP contribution in [0.5, 0.6) is 0 Å². The van der Waals surface area contributed by atoms with Gasteiger partial charge in [-0.15, -0.1) is 0 Å². The fourth-order valence-corrected chi connectivity index (χ4v) is 5.97. The van der Waals surface area contributed by atoms with Crippen LogP contribution in [0.2, 0.25) is 0 Å². The number of nitrogens with zero attached hydrogens (tertiary/aromatic N) is 3. The lowest BCUT2D eigenvalue weighted by molar-refractivity contribution is -0.132. The second-order valence-electron chi connectivity index (χ2n) is 11.0. The minimum Gasteiger partial charge on any atom is -0.447 e. The van der Waals surface area contributed by atoms with E-state index in [4.69, 9.17) is 9.47 Å². The molecule has 11 heteroatoms. The minimum atomic E-state index is -1.76. The second kappa shape index (κ2) is 11.9. The van der Waals surface area contributed by atoms with Gasteiger partial charge < -0.3 is 29.7 Å². The number of carbonyl (C=O) groups excluding carboxylic acids is 2. The highest BCUT2D eigenvalue weighted by atomic mass is 16.6. The quantitative estimate of drug-likeness (QED) is 0.251. The molecule has 2 amide bonds. The molecule has 3 fully saturated rings. The molecule has 0 spiro atoms. The lowest BCUT2D eigenvalue weighted by Gasteiger charge is -2.39. The number of hydrogen-bond acceptors (Lipinski definition) is 8. The number of ether oxygens (including phenoxy) is 2. The Kier molecular flexibility index (Phi) is 8.78. The molecule has 1 atom stereocenters. The van der Waals surface area contributed by atoms with E-state index in [0.717, 1.165) is 31.5 Å². The molecule has 204 valence electrons. The monoisotopic (exact) mass is 524 g/mol. The Balaban J connectivity index is 1.42. The molecule has 3 N–H and O–H groups in total. The van der Waals surface area contributed by atoms with Gasteiger partial charge in [-0.3, -0.25) is 9.69 Å². The molecule has 0 radical (unpaired) electrons. The summed E-state index contributed by atoms with van der Waals surface area (Å²) in [6.07, 6.45) is 4.12. The topological polar surface area (TPSA) is 135 Å². The summed E-state index contributed by atoms with van der Waals surface area (Å²) in [6.45, 7) is 6.64. The van der Waals surface area contributed by atoms with E-state index in [2.05, 4.69) is 16.3 Å². The van der Waals surface area contributed by atoms with E-state index in [1.807, 2.05) is 44.2 Å². The van der Waals surface area contributed by atoms with Crippen LogP contribution in [0, 0.1) is 11.3 Å². The molecule has 10 nitrogen and oxygen atoms in total. The summed E-state index contributed by atoms with van der Waals surface area (Å²) in [5.41, 5.74) is -0.238. The standard InChI is InChI=1S/C27H37BN4O6/c1-26(2,31-12-14-37-15-13-31)17-21(18-29)24(33)32-22-8-10-27(32,11-9-22)19-38-25(34)30-23(28(35)36)16-20-6-4-3-5-7-20/h3-7,17,22-23,35-36H,8-16,19H2,1-2H3,(H,30,34). The van der Waals surface area contributed by atoms with Gasteiger partial charge in [0.1, 0.15) is 18.2 Å². The van der Waals surface area contributed by atoms with E-state index in [9.17, 15) is 24.9 Å². The van der Waals surface area contributed by atoms with Gasteiger partial charge in [0.05, 0.1) is 24.7 Å².